The Morgan fingerprint density at radius 2 is 2.29 bits per heavy atom. The molecule has 0 spiro atoms. The number of allylic oxidation sites excluding steroid dienone is 1. The second kappa shape index (κ2) is 5.18. The van der Waals surface area contributed by atoms with Crippen LogP contribution in [0, 0.1) is 6.92 Å². The second-order valence-electron chi connectivity index (χ2n) is 3.45. The van der Waals surface area contributed by atoms with Crippen molar-refractivity contribution in [3.05, 3.63) is 47.0 Å². The molecule has 1 aromatic rings. The fourth-order valence-electron chi connectivity index (χ4n) is 1.41. The number of benzene rings is 1. The average molecular weight is 210 g/mol. The summed E-state index contributed by atoms with van der Waals surface area (Å²) in [4.78, 5) is 0. The third-order valence-electron chi connectivity index (χ3n) is 2.30. The topological polar surface area (TPSA) is 26.0 Å². The van der Waals surface area contributed by atoms with Crippen LogP contribution in [0.2, 0.25) is 5.02 Å². The SMILES string of the molecule is C=CCCC(N)c1cccc(C)c1Cl. The highest BCUT2D eigenvalue weighted by molar-refractivity contribution is 6.32. The van der Waals surface area contributed by atoms with Gasteiger partial charge in [0.15, 0.2) is 0 Å². The Kier molecular flexibility index (Phi) is 4.18. The molecular formula is C12H16ClN. The van der Waals surface area contributed by atoms with Gasteiger partial charge in [-0.1, -0.05) is 35.9 Å². The van der Waals surface area contributed by atoms with Gasteiger partial charge in [0.05, 0.1) is 0 Å². The third kappa shape index (κ3) is 2.60. The molecule has 0 saturated carbocycles. The van der Waals surface area contributed by atoms with Gasteiger partial charge in [0.25, 0.3) is 0 Å². The zero-order valence-electron chi connectivity index (χ0n) is 8.46. The van der Waals surface area contributed by atoms with Crippen molar-refractivity contribution in [1.29, 1.82) is 0 Å². The summed E-state index contributed by atoms with van der Waals surface area (Å²) < 4.78 is 0. The Morgan fingerprint density at radius 1 is 1.57 bits per heavy atom. The molecule has 1 unspecified atom stereocenters. The molecule has 0 saturated heterocycles. The van der Waals surface area contributed by atoms with Crippen molar-refractivity contribution < 1.29 is 0 Å². The van der Waals surface area contributed by atoms with E-state index in [1.165, 1.54) is 0 Å². The first-order valence-electron chi connectivity index (χ1n) is 4.78. The van der Waals surface area contributed by atoms with E-state index in [1.54, 1.807) is 0 Å². The lowest BCUT2D eigenvalue weighted by Crippen LogP contribution is -2.10. The smallest absolute Gasteiger partial charge is 0.0482 e. The Bertz CT molecular complexity index is 320. The van der Waals surface area contributed by atoms with E-state index in [2.05, 4.69) is 6.58 Å². The zero-order valence-corrected chi connectivity index (χ0v) is 9.22. The Hall–Kier alpha value is -0.790. The minimum absolute atomic E-state index is 0.0143. The molecule has 0 bridgehead atoms. The minimum atomic E-state index is 0.0143. The van der Waals surface area contributed by atoms with Crippen LogP contribution >= 0.6 is 11.6 Å². The fourth-order valence-corrected chi connectivity index (χ4v) is 1.68. The monoisotopic (exact) mass is 209 g/mol. The van der Waals surface area contributed by atoms with Gasteiger partial charge in [-0.15, -0.1) is 6.58 Å². The predicted octanol–water partition coefficient (Wildman–Crippen LogP) is 3.61. The summed E-state index contributed by atoms with van der Waals surface area (Å²) in [6, 6.07) is 5.99. The van der Waals surface area contributed by atoms with Crippen molar-refractivity contribution in [2.75, 3.05) is 0 Å². The molecule has 0 fully saturated rings. The van der Waals surface area contributed by atoms with Gasteiger partial charge in [0, 0.05) is 11.1 Å². The quantitative estimate of drug-likeness (QED) is 0.754. The highest BCUT2D eigenvalue weighted by Crippen LogP contribution is 2.27. The third-order valence-corrected chi connectivity index (χ3v) is 2.82. The van der Waals surface area contributed by atoms with Gasteiger partial charge in [-0.2, -0.15) is 0 Å². The van der Waals surface area contributed by atoms with Crippen LogP contribution in [0.3, 0.4) is 0 Å². The molecule has 76 valence electrons. The highest BCUT2D eigenvalue weighted by Gasteiger charge is 2.10. The van der Waals surface area contributed by atoms with E-state index in [0.717, 1.165) is 29.0 Å². The maximum Gasteiger partial charge on any atom is 0.0482 e. The van der Waals surface area contributed by atoms with Crippen LogP contribution in [0.15, 0.2) is 30.9 Å². The van der Waals surface area contributed by atoms with Gasteiger partial charge in [0.2, 0.25) is 0 Å². The van der Waals surface area contributed by atoms with E-state index in [-0.39, 0.29) is 6.04 Å². The predicted molar refractivity (Wildman–Crippen MR) is 62.5 cm³/mol. The molecule has 2 N–H and O–H groups in total. The summed E-state index contributed by atoms with van der Waals surface area (Å²) in [6.45, 7) is 5.67. The van der Waals surface area contributed by atoms with Crippen LogP contribution in [-0.2, 0) is 0 Å². The van der Waals surface area contributed by atoms with Gasteiger partial charge in [-0.05, 0) is 30.9 Å². The van der Waals surface area contributed by atoms with Crippen molar-refractivity contribution in [3.63, 3.8) is 0 Å². The number of hydrogen-bond acceptors (Lipinski definition) is 1. The Labute approximate surface area is 90.6 Å². The largest absolute Gasteiger partial charge is 0.324 e. The van der Waals surface area contributed by atoms with Crippen molar-refractivity contribution in [3.8, 4) is 0 Å². The lowest BCUT2D eigenvalue weighted by atomic mass is 10.0. The van der Waals surface area contributed by atoms with E-state index in [4.69, 9.17) is 17.3 Å². The second-order valence-corrected chi connectivity index (χ2v) is 3.83. The lowest BCUT2D eigenvalue weighted by Gasteiger charge is -2.13. The van der Waals surface area contributed by atoms with Crippen LogP contribution in [0.4, 0.5) is 0 Å². The van der Waals surface area contributed by atoms with E-state index < -0.39 is 0 Å². The normalized spacial score (nSPS) is 12.5. The molecule has 14 heavy (non-hydrogen) atoms. The molecule has 0 amide bonds. The minimum Gasteiger partial charge on any atom is -0.324 e. The van der Waals surface area contributed by atoms with Gasteiger partial charge in [-0.25, -0.2) is 0 Å². The van der Waals surface area contributed by atoms with Crippen LogP contribution in [0.1, 0.15) is 30.0 Å². The summed E-state index contributed by atoms with van der Waals surface area (Å²) >= 11 is 6.16. The number of rotatable bonds is 4. The first-order chi connectivity index (χ1) is 6.66. The molecule has 0 heterocycles. The van der Waals surface area contributed by atoms with Crippen LogP contribution < -0.4 is 5.73 Å². The van der Waals surface area contributed by atoms with E-state index in [9.17, 15) is 0 Å². The standard InChI is InChI=1S/C12H16ClN/c1-3-4-8-11(14)10-7-5-6-9(2)12(10)13/h3,5-7,11H,1,4,8,14H2,2H3. The van der Waals surface area contributed by atoms with Crippen LogP contribution in [0.25, 0.3) is 0 Å². The molecule has 0 aliphatic carbocycles. The first kappa shape index (κ1) is 11.3. The maximum absolute atomic E-state index is 6.16. The fraction of sp³-hybridized carbons (Fsp3) is 0.333. The summed E-state index contributed by atoms with van der Waals surface area (Å²) in [5.74, 6) is 0. The van der Waals surface area contributed by atoms with Crippen LogP contribution in [-0.4, -0.2) is 0 Å². The molecule has 0 radical (unpaired) electrons. The van der Waals surface area contributed by atoms with Crippen molar-refractivity contribution >= 4 is 11.6 Å². The molecule has 1 rings (SSSR count). The summed E-state index contributed by atoms with van der Waals surface area (Å²) in [5, 5.41) is 0.795. The number of aryl methyl sites for hydroxylation is 1. The molecule has 0 aliphatic heterocycles. The number of hydrogen-bond donors (Lipinski definition) is 1. The summed E-state index contributed by atoms with van der Waals surface area (Å²) in [6.07, 6.45) is 3.70. The lowest BCUT2D eigenvalue weighted by molar-refractivity contribution is 0.661. The van der Waals surface area contributed by atoms with Gasteiger partial charge in [0.1, 0.15) is 0 Å². The van der Waals surface area contributed by atoms with Gasteiger partial charge in [-0.3, -0.25) is 0 Å². The van der Waals surface area contributed by atoms with Crippen molar-refractivity contribution in [2.24, 2.45) is 5.73 Å². The molecular weight excluding hydrogens is 194 g/mol. The highest BCUT2D eigenvalue weighted by atomic mass is 35.5. The molecule has 2 heteroatoms. The summed E-state index contributed by atoms with van der Waals surface area (Å²) in [5.41, 5.74) is 8.14. The van der Waals surface area contributed by atoms with E-state index in [1.807, 2.05) is 31.2 Å². The van der Waals surface area contributed by atoms with Gasteiger partial charge < -0.3 is 5.73 Å². The van der Waals surface area contributed by atoms with E-state index >= 15 is 0 Å². The molecule has 0 aromatic heterocycles. The molecule has 0 aliphatic rings. The van der Waals surface area contributed by atoms with Crippen LogP contribution in [0.5, 0.6) is 0 Å². The first-order valence-corrected chi connectivity index (χ1v) is 5.16. The molecule has 1 aromatic carbocycles. The van der Waals surface area contributed by atoms with Crippen molar-refractivity contribution in [1.82, 2.24) is 0 Å². The average Bonchev–Trinajstić information content (AvgIpc) is 2.18. The molecule has 1 nitrogen and oxygen atoms in total. The van der Waals surface area contributed by atoms with Gasteiger partial charge >= 0.3 is 0 Å². The number of nitrogens with two attached hydrogens (primary N) is 1. The Morgan fingerprint density at radius 3 is 2.93 bits per heavy atom. The maximum atomic E-state index is 6.16. The zero-order chi connectivity index (χ0) is 10.6. The van der Waals surface area contributed by atoms with E-state index in [0.29, 0.717) is 0 Å². The number of halogens is 1. The summed E-state index contributed by atoms with van der Waals surface area (Å²) in [7, 11) is 0. The Balaban J connectivity index is 2.83. The van der Waals surface area contributed by atoms with Crippen molar-refractivity contribution in [2.45, 2.75) is 25.8 Å². The molecule has 1 atom stereocenters.